The maximum Gasteiger partial charge on any atom is 0.262 e. The van der Waals surface area contributed by atoms with Gasteiger partial charge < -0.3 is 10.1 Å². The highest BCUT2D eigenvalue weighted by Gasteiger charge is 2.25. The lowest BCUT2D eigenvalue weighted by Gasteiger charge is -2.20. The van der Waals surface area contributed by atoms with Crippen molar-refractivity contribution in [3.05, 3.63) is 64.4 Å². The molecule has 1 unspecified atom stereocenters. The Balaban J connectivity index is 2.10. The Morgan fingerprint density at radius 1 is 1.13 bits per heavy atom. The summed E-state index contributed by atoms with van der Waals surface area (Å²) >= 11 is 6.03. The highest BCUT2D eigenvalue weighted by Crippen LogP contribution is 2.22. The molecule has 30 heavy (non-hydrogen) atoms. The quantitative estimate of drug-likeness (QED) is 0.484. The van der Waals surface area contributed by atoms with E-state index in [2.05, 4.69) is 15.8 Å². The fraction of sp³-hybridized carbons (Fsp3) is 0.318. The summed E-state index contributed by atoms with van der Waals surface area (Å²) in [7, 11) is 0. The second-order valence-corrected chi connectivity index (χ2v) is 7.69. The first-order chi connectivity index (χ1) is 14.2. The molecule has 0 aliphatic carbocycles. The number of hydrogen-bond acceptors (Lipinski definition) is 4. The van der Waals surface area contributed by atoms with Crippen molar-refractivity contribution in [1.29, 1.82) is 0 Å². The fourth-order valence-electron chi connectivity index (χ4n) is 2.62. The number of carbonyl (C=O) groups is 2. The number of carbonyl (C=O) groups excluding carboxylic acids is 2. The second kappa shape index (κ2) is 10.7. The number of hydrogen-bond donors (Lipinski definition) is 2. The monoisotopic (exact) mass is 433 g/mol. The molecule has 8 heteroatoms. The molecule has 0 aromatic heterocycles. The summed E-state index contributed by atoms with van der Waals surface area (Å²) in [4.78, 5) is 24.9. The zero-order valence-electron chi connectivity index (χ0n) is 17.3. The van der Waals surface area contributed by atoms with E-state index in [1.165, 1.54) is 24.4 Å². The minimum atomic E-state index is -0.903. The highest BCUT2D eigenvalue weighted by atomic mass is 35.5. The van der Waals surface area contributed by atoms with E-state index in [1.54, 1.807) is 38.1 Å². The molecule has 0 heterocycles. The van der Waals surface area contributed by atoms with Crippen LogP contribution >= 0.6 is 11.6 Å². The fourth-order valence-corrected chi connectivity index (χ4v) is 2.80. The molecule has 2 amide bonds. The molecule has 2 aromatic carbocycles. The molecule has 2 aromatic rings. The van der Waals surface area contributed by atoms with Gasteiger partial charge in [-0.1, -0.05) is 37.6 Å². The van der Waals surface area contributed by atoms with E-state index in [-0.39, 0.29) is 17.6 Å². The first-order valence-corrected chi connectivity index (χ1v) is 9.91. The second-order valence-electron chi connectivity index (χ2n) is 7.26. The van der Waals surface area contributed by atoms with Gasteiger partial charge in [0.25, 0.3) is 11.8 Å². The van der Waals surface area contributed by atoms with Crippen molar-refractivity contribution in [2.45, 2.75) is 39.8 Å². The average molecular weight is 434 g/mol. The Bertz CT molecular complexity index is 932. The van der Waals surface area contributed by atoms with Crippen LogP contribution in [0.2, 0.25) is 5.02 Å². The summed E-state index contributed by atoms with van der Waals surface area (Å²) in [5, 5.41) is 7.02. The topological polar surface area (TPSA) is 79.8 Å². The van der Waals surface area contributed by atoms with Gasteiger partial charge in [-0.3, -0.25) is 9.59 Å². The number of nitrogens with zero attached hydrogens (tertiary/aromatic N) is 1. The molecule has 160 valence electrons. The molecular weight excluding hydrogens is 409 g/mol. The van der Waals surface area contributed by atoms with Gasteiger partial charge in [-0.25, -0.2) is 9.82 Å². The minimum Gasteiger partial charge on any atom is -0.490 e. The van der Waals surface area contributed by atoms with Gasteiger partial charge in [-0.05, 0) is 50.1 Å². The molecule has 0 fully saturated rings. The standard InChI is InChI=1S/C22H25ClFN3O3/c1-13(2)20(26-21(28)17-7-5-6-8-18(17)24)22(29)27-25-12-15-11-16(23)9-10-19(15)30-14(3)4/h5-14,20H,1-4H3,(H,26,28)(H,27,29). The van der Waals surface area contributed by atoms with Crippen molar-refractivity contribution in [2.24, 2.45) is 11.0 Å². The van der Waals surface area contributed by atoms with Crippen molar-refractivity contribution in [3.8, 4) is 5.75 Å². The molecule has 0 saturated heterocycles. The van der Waals surface area contributed by atoms with Crippen molar-refractivity contribution in [1.82, 2.24) is 10.7 Å². The highest BCUT2D eigenvalue weighted by molar-refractivity contribution is 6.30. The van der Waals surface area contributed by atoms with E-state index in [4.69, 9.17) is 16.3 Å². The first-order valence-electron chi connectivity index (χ1n) is 9.53. The molecule has 0 spiro atoms. The van der Waals surface area contributed by atoms with Crippen LogP contribution in [0, 0.1) is 11.7 Å². The molecule has 0 aliphatic heterocycles. The summed E-state index contributed by atoms with van der Waals surface area (Å²) in [6.45, 7) is 7.31. The van der Waals surface area contributed by atoms with E-state index in [0.717, 1.165) is 0 Å². The molecule has 0 saturated carbocycles. The lowest BCUT2D eigenvalue weighted by molar-refractivity contribution is -0.123. The Morgan fingerprint density at radius 2 is 1.83 bits per heavy atom. The molecule has 2 rings (SSSR count). The van der Waals surface area contributed by atoms with Crippen LogP contribution in [0.25, 0.3) is 0 Å². The number of nitrogens with one attached hydrogen (secondary N) is 2. The lowest BCUT2D eigenvalue weighted by Crippen LogP contribution is -2.48. The third-order valence-corrected chi connectivity index (χ3v) is 4.30. The zero-order chi connectivity index (χ0) is 22.3. The predicted octanol–water partition coefficient (Wildman–Crippen LogP) is 4.17. The van der Waals surface area contributed by atoms with E-state index in [0.29, 0.717) is 16.3 Å². The first kappa shape index (κ1) is 23.3. The van der Waals surface area contributed by atoms with Crippen LogP contribution in [0.15, 0.2) is 47.6 Å². The number of hydrazone groups is 1. The van der Waals surface area contributed by atoms with Crippen LogP contribution in [0.1, 0.15) is 43.6 Å². The van der Waals surface area contributed by atoms with Gasteiger partial charge in [-0.15, -0.1) is 0 Å². The molecule has 0 aliphatic rings. The predicted molar refractivity (Wildman–Crippen MR) is 115 cm³/mol. The minimum absolute atomic E-state index is 0.0492. The third kappa shape index (κ3) is 6.56. The van der Waals surface area contributed by atoms with E-state index in [9.17, 15) is 14.0 Å². The summed E-state index contributed by atoms with van der Waals surface area (Å²) in [5.41, 5.74) is 2.87. The van der Waals surface area contributed by atoms with Gasteiger partial charge in [0.15, 0.2) is 0 Å². The van der Waals surface area contributed by atoms with Crippen LogP contribution in [-0.2, 0) is 4.79 Å². The average Bonchev–Trinajstić information content (AvgIpc) is 2.67. The van der Waals surface area contributed by atoms with Gasteiger partial charge in [0.2, 0.25) is 0 Å². The van der Waals surface area contributed by atoms with Gasteiger partial charge in [0.05, 0.1) is 17.9 Å². The van der Waals surface area contributed by atoms with Crippen LogP contribution in [0.4, 0.5) is 4.39 Å². The smallest absolute Gasteiger partial charge is 0.262 e. The summed E-state index contributed by atoms with van der Waals surface area (Å²) < 4.78 is 19.5. The van der Waals surface area contributed by atoms with Crippen LogP contribution < -0.4 is 15.5 Å². The van der Waals surface area contributed by atoms with Crippen molar-refractivity contribution in [3.63, 3.8) is 0 Å². The van der Waals surface area contributed by atoms with Crippen molar-refractivity contribution < 1.29 is 18.7 Å². The number of amides is 2. The summed E-state index contributed by atoms with van der Waals surface area (Å²) in [6.07, 6.45) is 1.37. The van der Waals surface area contributed by atoms with Crippen LogP contribution in [-0.4, -0.2) is 30.2 Å². The van der Waals surface area contributed by atoms with E-state index < -0.39 is 23.7 Å². The molecule has 0 radical (unpaired) electrons. The molecule has 2 N–H and O–H groups in total. The Hall–Kier alpha value is -2.93. The van der Waals surface area contributed by atoms with Crippen LogP contribution in [0.5, 0.6) is 5.75 Å². The van der Waals surface area contributed by atoms with Crippen molar-refractivity contribution in [2.75, 3.05) is 0 Å². The number of benzene rings is 2. The summed E-state index contributed by atoms with van der Waals surface area (Å²) in [5.74, 6) is -1.54. The molecule has 6 nitrogen and oxygen atoms in total. The number of rotatable bonds is 8. The zero-order valence-corrected chi connectivity index (χ0v) is 18.0. The molecule has 0 bridgehead atoms. The van der Waals surface area contributed by atoms with Gasteiger partial charge >= 0.3 is 0 Å². The van der Waals surface area contributed by atoms with Gasteiger partial charge in [-0.2, -0.15) is 5.10 Å². The maximum absolute atomic E-state index is 13.8. The van der Waals surface area contributed by atoms with E-state index in [1.807, 2.05) is 13.8 Å². The van der Waals surface area contributed by atoms with E-state index >= 15 is 0 Å². The van der Waals surface area contributed by atoms with Crippen molar-refractivity contribution >= 4 is 29.6 Å². The number of ether oxygens (including phenoxy) is 1. The largest absolute Gasteiger partial charge is 0.490 e. The number of halogens is 2. The Kier molecular flexibility index (Phi) is 8.35. The van der Waals surface area contributed by atoms with Gasteiger partial charge in [0.1, 0.15) is 17.6 Å². The molecule has 1 atom stereocenters. The normalized spacial score (nSPS) is 12.3. The lowest BCUT2D eigenvalue weighted by atomic mass is 10.0. The van der Waals surface area contributed by atoms with Crippen LogP contribution in [0.3, 0.4) is 0 Å². The Morgan fingerprint density at radius 3 is 2.47 bits per heavy atom. The Labute approximate surface area is 180 Å². The summed E-state index contributed by atoms with van der Waals surface area (Å²) in [6, 6.07) is 9.75. The molecular formula is C22H25ClFN3O3. The SMILES string of the molecule is CC(C)Oc1ccc(Cl)cc1C=NNC(=O)C(NC(=O)c1ccccc1F)C(C)C. The third-order valence-electron chi connectivity index (χ3n) is 4.07. The maximum atomic E-state index is 13.8. The van der Waals surface area contributed by atoms with Gasteiger partial charge in [0, 0.05) is 10.6 Å².